The summed E-state index contributed by atoms with van der Waals surface area (Å²) in [6, 6.07) is 6.47. The second kappa shape index (κ2) is 6.41. The minimum absolute atomic E-state index is 0.261. The van der Waals surface area contributed by atoms with Crippen LogP contribution in [0.3, 0.4) is 0 Å². The molecule has 0 bridgehead atoms. The number of rotatable bonds is 3. The molecule has 26 heavy (non-hydrogen) atoms. The number of benzene rings is 1. The summed E-state index contributed by atoms with van der Waals surface area (Å²) >= 11 is 7.34. The topological polar surface area (TPSA) is 87.1 Å². The van der Waals surface area contributed by atoms with Crippen LogP contribution in [0.1, 0.15) is 23.3 Å². The average Bonchev–Trinajstić information content (AvgIpc) is 3.00. The van der Waals surface area contributed by atoms with Gasteiger partial charge in [-0.3, -0.25) is 14.2 Å². The van der Waals surface area contributed by atoms with Crippen molar-refractivity contribution >= 4 is 39.1 Å². The van der Waals surface area contributed by atoms with Crippen molar-refractivity contribution in [2.24, 2.45) is 5.73 Å². The lowest BCUT2D eigenvalue weighted by molar-refractivity contribution is -0.118. The zero-order chi connectivity index (χ0) is 18.4. The lowest BCUT2D eigenvalue weighted by Gasteiger charge is -2.12. The number of primary amides is 1. The highest BCUT2D eigenvalue weighted by Gasteiger charge is 2.24. The van der Waals surface area contributed by atoms with E-state index in [-0.39, 0.29) is 12.1 Å². The van der Waals surface area contributed by atoms with E-state index in [1.54, 1.807) is 24.3 Å². The molecule has 1 aliphatic carbocycles. The predicted molar refractivity (Wildman–Crippen MR) is 103 cm³/mol. The molecule has 2 N–H and O–H groups in total. The summed E-state index contributed by atoms with van der Waals surface area (Å²) in [5, 5.41) is 1.04. The van der Waals surface area contributed by atoms with Gasteiger partial charge in [-0.05, 0) is 55.5 Å². The Hall–Kier alpha value is -2.38. The van der Waals surface area contributed by atoms with Crippen molar-refractivity contribution in [3.05, 3.63) is 60.6 Å². The summed E-state index contributed by atoms with van der Waals surface area (Å²) in [5.74, 6) is -0.624. The fourth-order valence-electron chi connectivity index (χ4n) is 3.48. The van der Waals surface area contributed by atoms with Gasteiger partial charge in [0, 0.05) is 9.90 Å². The van der Waals surface area contributed by atoms with Crippen molar-refractivity contribution < 1.29 is 4.79 Å². The average molecular weight is 390 g/mol. The summed E-state index contributed by atoms with van der Waals surface area (Å²) in [6.07, 6.45) is 3.76. The lowest BCUT2D eigenvalue weighted by atomic mass is 9.97. The molecule has 0 fully saturated rings. The van der Waals surface area contributed by atoms with E-state index in [1.807, 2.05) is 0 Å². The van der Waals surface area contributed by atoms with Crippen molar-refractivity contribution in [3.63, 3.8) is 0 Å². The third-order valence-electron chi connectivity index (χ3n) is 4.64. The van der Waals surface area contributed by atoms with Crippen molar-refractivity contribution in [3.8, 4) is 5.69 Å². The molecule has 0 unspecified atom stereocenters. The Balaban J connectivity index is 2.12. The number of hydrogen-bond acceptors (Lipinski definition) is 4. The number of aromatic nitrogens is 2. The molecule has 2 heterocycles. The van der Waals surface area contributed by atoms with Crippen molar-refractivity contribution in [2.45, 2.75) is 32.2 Å². The molecule has 1 aliphatic rings. The molecule has 0 saturated heterocycles. The van der Waals surface area contributed by atoms with Crippen molar-refractivity contribution in [2.75, 3.05) is 0 Å². The highest BCUT2D eigenvalue weighted by molar-refractivity contribution is 7.18. The summed E-state index contributed by atoms with van der Waals surface area (Å²) < 4.78 is 2.42. The number of thiophene rings is 1. The van der Waals surface area contributed by atoms with Gasteiger partial charge in [0.2, 0.25) is 5.91 Å². The Morgan fingerprint density at radius 1 is 1.15 bits per heavy atom. The molecule has 134 valence electrons. The molecule has 2 aromatic heterocycles. The Bertz CT molecular complexity index is 1140. The molecule has 8 heteroatoms. The number of carbonyl (C=O) groups is 1. The Kier molecular flexibility index (Phi) is 4.20. The van der Waals surface area contributed by atoms with Crippen LogP contribution in [-0.4, -0.2) is 15.0 Å². The van der Waals surface area contributed by atoms with Crippen LogP contribution in [-0.2, 0) is 24.2 Å². The molecule has 4 rings (SSSR count). The molecule has 0 atom stereocenters. The maximum atomic E-state index is 13.2. The zero-order valence-electron chi connectivity index (χ0n) is 13.8. The van der Waals surface area contributed by atoms with Gasteiger partial charge < -0.3 is 5.73 Å². The molecule has 3 aromatic rings. The van der Waals surface area contributed by atoms with Crippen LogP contribution in [0.4, 0.5) is 0 Å². The Morgan fingerprint density at radius 2 is 1.85 bits per heavy atom. The van der Waals surface area contributed by atoms with Crippen LogP contribution in [0.2, 0.25) is 5.02 Å². The van der Waals surface area contributed by atoms with E-state index in [9.17, 15) is 14.4 Å². The largest absolute Gasteiger partial charge is 0.368 e. The van der Waals surface area contributed by atoms with Crippen molar-refractivity contribution in [1.29, 1.82) is 0 Å². The SMILES string of the molecule is NC(=O)Cn1c(=O)n(-c2ccc(Cl)cc2)c(=O)c2c3c(sc21)CCCC3. The number of fused-ring (bicyclic) bond motifs is 3. The highest BCUT2D eigenvalue weighted by atomic mass is 35.5. The fourth-order valence-corrected chi connectivity index (χ4v) is 4.98. The van der Waals surface area contributed by atoms with E-state index in [0.717, 1.165) is 40.7 Å². The fraction of sp³-hybridized carbons (Fsp3) is 0.278. The molecule has 0 aliphatic heterocycles. The van der Waals surface area contributed by atoms with Crippen LogP contribution in [0, 0.1) is 0 Å². The third kappa shape index (κ3) is 2.68. The summed E-state index contributed by atoms with van der Waals surface area (Å²) in [6.45, 7) is -0.261. The van der Waals surface area contributed by atoms with Crippen LogP contribution in [0.15, 0.2) is 33.9 Å². The molecule has 1 aromatic carbocycles. The van der Waals surface area contributed by atoms with Crippen LogP contribution in [0.25, 0.3) is 15.9 Å². The number of halogens is 1. The van der Waals surface area contributed by atoms with Gasteiger partial charge in [0.15, 0.2) is 0 Å². The van der Waals surface area contributed by atoms with Crippen LogP contribution >= 0.6 is 22.9 Å². The quantitative estimate of drug-likeness (QED) is 0.745. The van der Waals surface area contributed by atoms with Gasteiger partial charge in [-0.25, -0.2) is 9.36 Å². The standard InChI is InChI=1S/C18H16ClN3O3S/c19-10-5-7-11(8-6-10)22-16(24)15-12-3-1-2-4-13(12)26-17(15)21(18(22)25)9-14(20)23/h5-8H,1-4,9H2,(H2,20,23). The molecular weight excluding hydrogens is 374 g/mol. The van der Waals surface area contributed by atoms with Gasteiger partial charge in [0.25, 0.3) is 5.56 Å². The van der Waals surface area contributed by atoms with E-state index in [1.165, 1.54) is 15.9 Å². The summed E-state index contributed by atoms with van der Waals surface area (Å²) in [7, 11) is 0. The van der Waals surface area contributed by atoms with Crippen LogP contribution < -0.4 is 17.0 Å². The normalized spacial score (nSPS) is 13.7. The lowest BCUT2D eigenvalue weighted by Crippen LogP contribution is -2.40. The Morgan fingerprint density at radius 3 is 2.54 bits per heavy atom. The maximum absolute atomic E-state index is 13.2. The van der Waals surface area contributed by atoms with Gasteiger partial charge in [-0.1, -0.05) is 11.6 Å². The number of amides is 1. The van der Waals surface area contributed by atoms with Gasteiger partial charge >= 0.3 is 5.69 Å². The molecule has 0 radical (unpaired) electrons. The number of nitrogens with zero attached hydrogens (tertiary/aromatic N) is 2. The van der Waals surface area contributed by atoms with Gasteiger partial charge in [0.1, 0.15) is 11.4 Å². The molecule has 0 saturated carbocycles. The molecule has 0 spiro atoms. The maximum Gasteiger partial charge on any atom is 0.337 e. The monoisotopic (exact) mass is 389 g/mol. The first kappa shape index (κ1) is 17.1. The first-order valence-electron chi connectivity index (χ1n) is 8.31. The first-order valence-corrected chi connectivity index (χ1v) is 9.51. The second-order valence-electron chi connectivity index (χ2n) is 6.34. The summed E-state index contributed by atoms with van der Waals surface area (Å²) in [4.78, 5) is 39.4. The van der Waals surface area contributed by atoms with E-state index in [4.69, 9.17) is 17.3 Å². The van der Waals surface area contributed by atoms with E-state index in [2.05, 4.69) is 0 Å². The molecule has 1 amide bonds. The van der Waals surface area contributed by atoms with Crippen LogP contribution in [0.5, 0.6) is 0 Å². The second-order valence-corrected chi connectivity index (χ2v) is 7.86. The van der Waals surface area contributed by atoms with Gasteiger partial charge in [0.05, 0.1) is 11.1 Å². The predicted octanol–water partition coefficient (Wildman–Crippen LogP) is 2.23. The third-order valence-corrected chi connectivity index (χ3v) is 6.20. The van der Waals surface area contributed by atoms with E-state index in [0.29, 0.717) is 20.9 Å². The number of aryl methyl sites for hydroxylation is 2. The number of nitrogens with two attached hydrogens (primary N) is 1. The minimum atomic E-state index is -0.624. The zero-order valence-corrected chi connectivity index (χ0v) is 15.4. The molecular formula is C18H16ClN3O3S. The van der Waals surface area contributed by atoms with Crippen molar-refractivity contribution in [1.82, 2.24) is 9.13 Å². The smallest absolute Gasteiger partial charge is 0.337 e. The highest BCUT2D eigenvalue weighted by Crippen LogP contribution is 2.34. The number of hydrogen-bond donors (Lipinski definition) is 1. The molecule has 6 nitrogen and oxygen atoms in total. The minimum Gasteiger partial charge on any atom is -0.368 e. The van der Waals surface area contributed by atoms with E-state index >= 15 is 0 Å². The first-order chi connectivity index (χ1) is 12.5. The number of carbonyl (C=O) groups excluding carboxylic acids is 1. The Labute approximate surface area is 157 Å². The van der Waals surface area contributed by atoms with E-state index < -0.39 is 11.6 Å². The van der Waals surface area contributed by atoms with Gasteiger partial charge in [-0.2, -0.15) is 0 Å². The summed E-state index contributed by atoms with van der Waals surface area (Å²) in [5.41, 5.74) is 5.85. The van der Waals surface area contributed by atoms with Gasteiger partial charge in [-0.15, -0.1) is 11.3 Å².